The van der Waals surface area contributed by atoms with E-state index in [0.717, 1.165) is 83.2 Å². The molecule has 290 valence electrons. The van der Waals surface area contributed by atoms with Crippen LogP contribution in [0, 0.1) is 0 Å². The Morgan fingerprint density at radius 2 is 0.952 bits per heavy atom. The second-order valence-electron chi connectivity index (χ2n) is 16.0. The van der Waals surface area contributed by atoms with Crippen molar-refractivity contribution in [2.45, 2.75) is 0 Å². The third-order valence-corrected chi connectivity index (χ3v) is 13.7. The lowest BCUT2D eigenvalue weighted by atomic mass is 9.94. The molecule has 3 aromatic heterocycles. The lowest BCUT2D eigenvalue weighted by Crippen LogP contribution is -2.10. The number of fused-ring (bicyclic) bond motifs is 10. The molecule has 3 nitrogen and oxygen atoms in total. The molecule has 0 N–H and O–H groups in total. The number of hydrogen-bond acceptors (Lipinski definition) is 4. The molecule has 0 atom stereocenters. The van der Waals surface area contributed by atoms with Gasteiger partial charge in [0.2, 0.25) is 0 Å². The van der Waals surface area contributed by atoms with E-state index in [2.05, 4.69) is 205 Å². The van der Waals surface area contributed by atoms with E-state index >= 15 is 0 Å². The van der Waals surface area contributed by atoms with Crippen LogP contribution in [0.25, 0.3) is 108 Å². The summed E-state index contributed by atoms with van der Waals surface area (Å²) in [7, 11) is 0. The fraction of sp³-hybridized carbons (Fsp3) is 0. The number of benzene rings is 10. The standard InChI is InChI=1S/C58H35NO2S/c1-2-13-36(14-3-1)37-27-31-40(32-28-37)59(41-33-29-38(30-34-41)43-19-10-20-46-44-17-6-8-25-52(44)60-55(43)46)51-24-12-21-47-50-35-39-15-4-5-16-42(39)54(57(50)61-56(47)51)49-23-11-22-48-45-18-7-9-26-53(45)62-58(48)49/h1-35H. The molecule has 0 spiro atoms. The van der Waals surface area contributed by atoms with Gasteiger partial charge in [0.15, 0.2) is 5.58 Å². The van der Waals surface area contributed by atoms with Gasteiger partial charge in [-0.2, -0.15) is 0 Å². The third-order valence-electron chi connectivity index (χ3n) is 12.5. The number of nitrogens with zero attached hydrogens (tertiary/aromatic N) is 1. The maximum atomic E-state index is 7.34. The molecule has 0 unspecified atom stereocenters. The van der Waals surface area contributed by atoms with Crippen LogP contribution < -0.4 is 4.90 Å². The van der Waals surface area contributed by atoms with Gasteiger partial charge in [0, 0.05) is 69.8 Å². The number of hydrogen-bond donors (Lipinski definition) is 0. The molecule has 0 aliphatic heterocycles. The van der Waals surface area contributed by atoms with E-state index in [9.17, 15) is 0 Å². The van der Waals surface area contributed by atoms with E-state index in [-0.39, 0.29) is 0 Å². The Balaban J connectivity index is 1.03. The van der Waals surface area contributed by atoms with Crippen LogP contribution in [0.1, 0.15) is 0 Å². The van der Waals surface area contributed by atoms with Crippen LogP contribution in [-0.2, 0) is 0 Å². The molecule has 0 aliphatic carbocycles. The average Bonchev–Trinajstić information content (AvgIpc) is 4.04. The molecule has 0 saturated heterocycles. The fourth-order valence-electron chi connectivity index (χ4n) is 9.59. The van der Waals surface area contributed by atoms with Crippen LogP contribution in [0.4, 0.5) is 17.1 Å². The van der Waals surface area contributed by atoms with Crippen molar-refractivity contribution in [3.8, 4) is 33.4 Å². The quantitative estimate of drug-likeness (QED) is 0.168. The van der Waals surface area contributed by atoms with E-state index in [1.165, 1.54) is 42.1 Å². The summed E-state index contributed by atoms with van der Waals surface area (Å²) in [5.74, 6) is 0. The summed E-state index contributed by atoms with van der Waals surface area (Å²) in [6, 6.07) is 75.9. The molecule has 4 heteroatoms. The molecule has 0 fully saturated rings. The second-order valence-corrected chi connectivity index (χ2v) is 17.0. The van der Waals surface area contributed by atoms with E-state index in [1.807, 2.05) is 23.5 Å². The van der Waals surface area contributed by atoms with Gasteiger partial charge in [-0.15, -0.1) is 11.3 Å². The number of furan rings is 2. The predicted molar refractivity (Wildman–Crippen MR) is 262 cm³/mol. The summed E-state index contributed by atoms with van der Waals surface area (Å²) in [6.07, 6.45) is 0. The lowest BCUT2D eigenvalue weighted by molar-refractivity contribution is 0.670. The van der Waals surface area contributed by atoms with Gasteiger partial charge in [-0.3, -0.25) is 0 Å². The first-order chi connectivity index (χ1) is 30.7. The summed E-state index contributed by atoms with van der Waals surface area (Å²) in [5.41, 5.74) is 13.4. The van der Waals surface area contributed by atoms with Crippen LogP contribution in [0.3, 0.4) is 0 Å². The second kappa shape index (κ2) is 13.8. The van der Waals surface area contributed by atoms with Crippen LogP contribution in [0.15, 0.2) is 221 Å². The zero-order chi connectivity index (χ0) is 40.7. The Bertz CT molecular complexity index is 3860. The van der Waals surface area contributed by atoms with Crippen molar-refractivity contribution in [2.75, 3.05) is 4.90 Å². The highest BCUT2D eigenvalue weighted by atomic mass is 32.1. The first kappa shape index (κ1) is 34.9. The van der Waals surface area contributed by atoms with Crippen molar-refractivity contribution in [1.82, 2.24) is 0 Å². The maximum Gasteiger partial charge on any atom is 0.159 e. The summed E-state index contributed by atoms with van der Waals surface area (Å²) in [5, 5.41) is 9.34. The smallest absolute Gasteiger partial charge is 0.159 e. The van der Waals surface area contributed by atoms with E-state index in [0.29, 0.717) is 0 Å². The average molecular weight is 810 g/mol. The molecule has 0 saturated carbocycles. The van der Waals surface area contributed by atoms with Crippen molar-refractivity contribution in [1.29, 1.82) is 0 Å². The van der Waals surface area contributed by atoms with Crippen LogP contribution in [0.5, 0.6) is 0 Å². The van der Waals surface area contributed by atoms with Crippen molar-refractivity contribution in [3.05, 3.63) is 212 Å². The SMILES string of the molecule is c1ccc(-c2ccc(N(c3ccc(-c4cccc5c4oc4ccccc45)cc3)c3cccc4c3oc3c(-c5cccc6c5sc5ccccc56)c5ccccc5cc34)cc2)cc1. The molecule has 0 bridgehead atoms. The number of rotatable bonds is 6. The predicted octanol–water partition coefficient (Wildman–Crippen LogP) is 17.5. The summed E-state index contributed by atoms with van der Waals surface area (Å²) < 4.78 is 16.4. The number of thiophene rings is 1. The van der Waals surface area contributed by atoms with Crippen molar-refractivity contribution in [2.24, 2.45) is 0 Å². The molecular weight excluding hydrogens is 775 g/mol. The van der Waals surface area contributed by atoms with Crippen molar-refractivity contribution >= 4 is 103 Å². The number of para-hydroxylation sites is 3. The molecule has 0 radical (unpaired) electrons. The summed E-state index contributed by atoms with van der Waals surface area (Å²) in [4.78, 5) is 2.33. The van der Waals surface area contributed by atoms with Crippen LogP contribution >= 0.6 is 11.3 Å². The maximum absolute atomic E-state index is 7.34. The first-order valence-corrected chi connectivity index (χ1v) is 21.8. The zero-order valence-electron chi connectivity index (χ0n) is 33.4. The van der Waals surface area contributed by atoms with Crippen LogP contribution in [0.2, 0.25) is 0 Å². The molecular formula is C58H35NO2S. The van der Waals surface area contributed by atoms with Gasteiger partial charge in [0.25, 0.3) is 0 Å². The minimum absolute atomic E-state index is 0.839. The van der Waals surface area contributed by atoms with Gasteiger partial charge in [-0.1, -0.05) is 164 Å². The topological polar surface area (TPSA) is 29.5 Å². The minimum atomic E-state index is 0.839. The lowest BCUT2D eigenvalue weighted by Gasteiger charge is -2.26. The molecule has 13 rings (SSSR count). The Morgan fingerprint density at radius 3 is 1.76 bits per heavy atom. The molecule has 10 aromatic carbocycles. The highest BCUT2D eigenvalue weighted by Gasteiger charge is 2.24. The van der Waals surface area contributed by atoms with Crippen molar-refractivity contribution < 1.29 is 8.83 Å². The van der Waals surface area contributed by atoms with Gasteiger partial charge in [-0.25, -0.2) is 0 Å². The minimum Gasteiger partial charge on any atom is -0.455 e. The Hall–Kier alpha value is -7.92. The first-order valence-electron chi connectivity index (χ1n) is 21.0. The number of anilines is 3. The summed E-state index contributed by atoms with van der Waals surface area (Å²) in [6.45, 7) is 0. The van der Waals surface area contributed by atoms with Gasteiger partial charge in [0.05, 0.1) is 5.69 Å². The largest absolute Gasteiger partial charge is 0.455 e. The Labute approximate surface area is 360 Å². The van der Waals surface area contributed by atoms with Gasteiger partial charge < -0.3 is 13.7 Å². The molecule has 13 aromatic rings. The third kappa shape index (κ3) is 5.37. The van der Waals surface area contributed by atoms with Gasteiger partial charge >= 0.3 is 0 Å². The molecule has 0 amide bonds. The highest BCUT2D eigenvalue weighted by Crippen LogP contribution is 2.49. The van der Waals surface area contributed by atoms with E-state index < -0.39 is 0 Å². The Morgan fingerprint density at radius 1 is 0.355 bits per heavy atom. The van der Waals surface area contributed by atoms with Gasteiger partial charge in [0.1, 0.15) is 16.7 Å². The molecule has 3 heterocycles. The normalized spacial score (nSPS) is 11.9. The molecule has 62 heavy (non-hydrogen) atoms. The van der Waals surface area contributed by atoms with E-state index in [4.69, 9.17) is 8.83 Å². The molecule has 0 aliphatic rings. The zero-order valence-corrected chi connectivity index (χ0v) is 34.2. The van der Waals surface area contributed by atoms with Gasteiger partial charge in [-0.05, 0) is 76.0 Å². The Kier molecular flexibility index (Phi) is 7.78. The summed E-state index contributed by atoms with van der Waals surface area (Å²) >= 11 is 1.85. The van der Waals surface area contributed by atoms with Crippen molar-refractivity contribution in [3.63, 3.8) is 0 Å². The highest BCUT2D eigenvalue weighted by molar-refractivity contribution is 7.26. The fourth-order valence-corrected chi connectivity index (χ4v) is 10.8. The monoisotopic (exact) mass is 809 g/mol. The van der Waals surface area contributed by atoms with E-state index in [1.54, 1.807) is 0 Å². The van der Waals surface area contributed by atoms with Crippen LogP contribution in [-0.4, -0.2) is 0 Å².